The zero-order chi connectivity index (χ0) is 22.7. The fourth-order valence-electron chi connectivity index (χ4n) is 2.95. The second kappa shape index (κ2) is 9.12. The van der Waals surface area contributed by atoms with Crippen LogP contribution in [-0.4, -0.2) is 28.8 Å². The second-order valence-corrected chi connectivity index (χ2v) is 7.82. The number of esters is 1. The van der Waals surface area contributed by atoms with Gasteiger partial charge in [0, 0.05) is 21.5 Å². The molecule has 3 aromatic rings. The Morgan fingerprint density at radius 1 is 1.29 bits per heavy atom. The van der Waals surface area contributed by atoms with E-state index in [2.05, 4.69) is 10.4 Å². The maximum atomic E-state index is 12.6. The van der Waals surface area contributed by atoms with Crippen LogP contribution in [0.4, 0.5) is 5.00 Å². The number of ether oxygens (including phenoxy) is 1. The first kappa shape index (κ1) is 22.2. The predicted octanol–water partition coefficient (Wildman–Crippen LogP) is 3.54. The van der Waals surface area contributed by atoms with Crippen molar-refractivity contribution in [2.24, 2.45) is 0 Å². The van der Waals surface area contributed by atoms with E-state index in [1.165, 1.54) is 7.11 Å². The molecular formula is C21H17ClN4O4S. The molecule has 3 rings (SSSR count). The van der Waals surface area contributed by atoms with Crippen LogP contribution in [-0.2, 0) is 16.1 Å². The van der Waals surface area contributed by atoms with Crippen molar-refractivity contribution in [1.29, 1.82) is 5.26 Å². The summed E-state index contributed by atoms with van der Waals surface area (Å²) in [5, 5.41) is 18.3. The van der Waals surface area contributed by atoms with Crippen molar-refractivity contribution in [2.75, 3.05) is 12.4 Å². The Kier molecular flexibility index (Phi) is 6.53. The normalized spacial score (nSPS) is 10.4. The summed E-state index contributed by atoms with van der Waals surface area (Å²) in [6, 6.07) is 8.84. The molecule has 0 fully saturated rings. The van der Waals surface area contributed by atoms with Crippen molar-refractivity contribution in [3.05, 3.63) is 67.4 Å². The van der Waals surface area contributed by atoms with Gasteiger partial charge in [-0.2, -0.15) is 10.4 Å². The van der Waals surface area contributed by atoms with Crippen LogP contribution in [0.25, 0.3) is 11.1 Å². The summed E-state index contributed by atoms with van der Waals surface area (Å²) in [5.74, 6) is -1.22. The van der Waals surface area contributed by atoms with Gasteiger partial charge < -0.3 is 10.1 Å². The van der Waals surface area contributed by atoms with Crippen LogP contribution in [0.15, 0.2) is 34.4 Å². The highest BCUT2D eigenvalue weighted by atomic mass is 35.5. The number of rotatable bonds is 5. The number of anilines is 1. The minimum Gasteiger partial charge on any atom is -0.465 e. The number of thiophene rings is 1. The number of nitrogens with one attached hydrogen (secondary N) is 1. The van der Waals surface area contributed by atoms with Crippen molar-refractivity contribution < 1.29 is 14.3 Å². The summed E-state index contributed by atoms with van der Waals surface area (Å²) in [4.78, 5) is 37.5. The number of carbonyl (C=O) groups excluding carboxylic acids is 2. The Bertz CT molecular complexity index is 1290. The maximum absolute atomic E-state index is 12.6. The summed E-state index contributed by atoms with van der Waals surface area (Å²) in [6.07, 6.45) is 0. The van der Waals surface area contributed by atoms with E-state index in [-0.39, 0.29) is 16.1 Å². The summed E-state index contributed by atoms with van der Waals surface area (Å²) in [7, 11) is 1.24. The van der Waals surface area contributed by atoms with Gasteiger partial charge in [0.1, 0.15) is 28.7 Å². The lowest BCUT2D eigenvalue weighted by Gasteiger charge is -2.10. The van der Waals surface area contributed by atoms with E-state index in [1.807, 2.05) is 6.07 Å². The first-order chi connectivity index (χ1) is 14.8. The number of nitriles is 1. The molecule has 0 spiro atoms. The molecule has 0 saturated carbocycles. The van der Waals surface area contributed by atoms with Crippen molar-refractivity contribution in [3.63, 3.8) is 0 Å². The van der Waals surface area contributed by atoms with Gasteiger partial charge in [0.2, 0.25) is 5.91 Å². The first-order valence-electron chi connectivity index (χ1n) is 9.01. The standard InChI is InChI=1S/C21H17ClN4O4S/c1-11-12(2)25-26(20(28)14(11)8-23)9-17(27)24-19-18(21(29)30-3)15(10-31-19)13-6-4-5-7-16(13)22/h4-7,10H,9H2,1-3H3,(H,24,27). The third-order valence-electron chi connectivity index (χ3n) is 4.64. The van der Waals surface area contributed by atoms with E-state index in [1.54, 1.807) is 43.5 Å². The van der Waals surface area contributed by atoms with Crippen molar-refractivity contribution in [3.8, 4) is 17.2 Å². The van der Waals surface area contributed by atoms with Gasteiger partial charge in [0.05, 0.1) is 12.8 Å². The number of amides is 1. The van der Waals surface area contributed by atoms with E-state index < -0.39 is 24.0 Å². The third kappa shape index (κ3) is 4.35. The molecule has 1 amide bonds. The average molecular weight is 457 g/mol. The van der Waals surface area contributed by atoms with Crippen LogP contribution in [0.1, 0.15) is 27.2 Å². The first-order valence-corrected chi connectivity index (χ1v) is 10.3. The number of aryl methyl sites for hydroxylation is 1. The maximum Gasteiger partial charge on any atom is 0.341 e. The molecular weight excluding hydrogens is 440 g/mol. The molecule has 8 nitrogen and oxygen atoms in total. The molecule has 0 aliphatic carbocycles. The SMILES string of the molecule is COC(=O)c1c(-c2ccccc2Cl)csc1NC(=O)Cn1nc(C)c(C)c(C#N)c1=O. The molecule has 0 atom stereocenters. The topological polar surface area (TPSA) is 114 Å². The van der Waals surface area contributed by atoms with Crippen LogP contribution in [0.5, 0.6) is 0 Å². The summed E-state index contributed by atoms with van der Waals surface area (Å²) >= 11 is 7.40. The molecule has 0 aliphatic heterocycles. The van der Waals surface area contributed by atoms with E-state index >= 15 is 0 Å². The van der Waals surface area contributed by atoms with Crippen LogP contribution >= 0.6 is 22.9 Å². The lowest BCUT2D eigenvalue weighted by molar-refractivity contribution is -0.117. The molecule has 2 aromatic heterocycles. The highest BCUT2D eigenvalue weighted by molar-refractivity contribution is 7.15. The monoisotopic (exact) mass is 456 g/mol. The van der Waals surface area contributed by atoms with Crippen molar-refractivity contribution in [2.45, 2.75) is 20.4 Å². The Labute approximate surface area is 186 Å². The van der Waals surface area contributed by atoms with E-state index in [0.29, 0.717) is 27.4 Å². The fourth-order valence-corrected chi connectivity index (χ4v) is 4.15. The van der Waals surface area contributed by atoms with Gasteiger partial charge in [-0.1, -0.05) is 29.8 Å². The molecule has 0 bridgehead atoms. The molecule has 0 radical (unpaired) electrons. The van der Waals surface area contributed by atoms with Crippen LogP contribution < -0.4 is 10.9 Å². The number of methoxy groups -OCH3 is 1. The van der Waals surface area contributed by atoms with Gasteiger partial charge in [0.25, 0.3) is 5.56 Å². The summed E-state index contributed by atoms with van der Waals surface area (Å²) < 4.78 is 5.81. The molecule has 0 aliphatic rings. The van der Waals surface area contributed by atoms with Crippen molar-refractivity contribution >= 4 is 39.8 Å². The smallest absolute Gasteiger partial charge is 0.341 e. The minimum atomic E-state index is -0.656. The zero-order valence-electron chi connectivity index (χ0n) is 16.9. The second-order valence-electron chi connectivity index (χ2n) is 6.53. The number of benzene rings is 1. The Morgan fingerprint density at radius 2 is 2.00 bits per heavy atom. The molecule has 158 valence electrons. The number of aromatic nitrogens is 2. The molecule has 0 unspecified atom stereocenters. The minimum absolute atomic E-state index is 0.0623. The van der Waals surface area contributed by atoms with E-state index in [9.17, 15) is 19.6 Å². The Hall–Kier alpha value is -3.48. The molecule has 0 saturated heterocycles. The van der Waals surface area contributed by atoms with Gasteiger partial charge in [-0.15, -0.1) is 11.3 Å². The van der Waals surface area contributed by atoms with Gasteiger partial charge in [-0.05, 0) is 25.5 Å². The van der Waals surface area contributed by atoms with Gasteiger partial charge >= 0.3 is 5.97 Å². The number of hydrogen-bond acceptors (Lipinski definition) is 7. The number of halogens is 1. The lowest BCUT2D eigenvalue weighted by atomic mass is 10.0. The Morgan fingerprint density at radius 3 is 2.65 bits per heavy atom. The highest BCUT2D eigenvalue weighted by Crippen LogP contribution is 2.39. The number of hydrogen-bond donors (Lipinski definition) is 1. The molecule has 1 N–H and O–H groups in total. The number of carbonyl (C=O) groups is 2. The van der Waals surface area contributed by atoms with Crippen LogP contribution in [0.3, 0.4) is 0 Å². The Balaban J connectivity index is 1.95. The van der Waals surface area contributed by atoms with E-state index in [0.717, 1.165) is 16.0 Å². The quantitative estimate of drug-likeness (QED) is 0.587. The van der Waals surface area contributed by atoms with Gasteiger partial charge in [0.15, 0.2) is 0 Å². The lowest BCUT2D eigenvalue weighted by Crippen LogP contribution is -2.32. The van der Waals surface area contributed by atoms with Crippen LogP contribution in [0.2, 0.25) is 5.02 Å². The highest BCUT2D eigenvalue weighted by Gasteiger charge is 2.24. The molecule has 10 heteroatoms. The fraction of sp³-hybridized carbons (Fsp3) is 0.190. The summed E-state index contributed by atoms with van der Waals surface area (Å²) in [5.41, 5.74) is 1.52. The van der Waals surface area contributed by atoms with Crippen molar-refractivity contribution in [1.82, 2.24) is 9.78 Å². The molecule has 31 heavy (non-hydrogen) atoms. The number of nitrogens with zero attached hydrogens (tertiary/aromatic N) is 3. The zero-order valence-corrected chi connectivity index (χ0v) is 18.4. The van der Waals surface area contributed by atoms with Gasteiger partial charge in [-0.3, -0.25) is 9.59 Å². The average Bonchev–Trinajstić information content (AvgIpc) is 3.15. The van der Waals surface area contributed by atoms with E-state index in [4.69, 9.17) is 16.3 Å². The molecule has 1 aromatic carbocycles. The summed E-state index contributed by atoms with van der Waals surface area (Å²) in [6.45, 7) is 2.85. The van der Waals surface area contributed by atoms with Crippen LogP contribution in [0, 0.1) is 25.2 Å². The molecule has 2 heterocycles. The van der Waals surface area contributed by atoms with Gasteiger partial charge in [-0.25, -0.2) is 9.48 Å². The predicted molar refractivity (Wildman–Crippen MR) is 117 cm³/mol. The third-order valence-corrected chi connectivity index (χ3v) is 5.86. The largest absolute Gasteiger partial charge is 0.465 e.